The molecule has 1 amide bonds. The normalized spacial score (nSPS) is 17.2. The van der Waals surface area contributed by atoms with Crippen LogP contribution in [0, 0.1) is 10.1 Å². The molecular weight excluding hydrogens is 360 g/mol. The van der Waals surface area contributed by atoms with Crippen molar-refractivity contribution in [2.75, 3.05) is 19.8 Å². The average molecular weight is 392 g/mol. The van der Waals surface area contributed by atoms with Crippen LogP contribution in [-0.4, -0.2) is 47.8 Å². The zero-order valence-corrected chi connectivity index (χ0v) is 17.3. The van der Waals surface area contributed by atoms with Crippen LogP contribution in [0.25, 0.3) is 0 Å². The van der Waals surface area contributed by atoms with Crippen LogP contribution >= 0.6 is 0 Å². The monoisotopic (exact) mass is 392 g/mol. The summed E-state index contributed by atoms with van der Waals surface area (Å²) in [7, 11) is 0. The van der Waals surface area contributed by atoms with Crippen molar-refractivity contribution < 1.29 is 19.2 Å². The Bertz CT molecular complexity index is 673. The minimum absolute atomic E-state index is 0.170. The second kappa shape index (κ2) is 10.5. The molecule has 2 unspecified atom stereocenters. The molecule has 0 saturated heterocycles. The number of rotatable bonds is 12. The lowest BCUT2D eigenvalue weighted by Gasteiger charge is -2.29. The predicted molar refractivity (Wildman–Crippen MR) is 107 cm³/mol. The number of fused-ring (bicyclic) bond motifs is 1. The van der Waals surface area contributed by atoms with E-state index in [2.05, 4.69) is 6.92 Å². The Morgan fingerprint density at radius 3 is 2.43 bits per heavy atom. The Kier molecular flexibility index (Phi) is 8.38. The number of nitrogens with zero attached hydrogens (tertiary/aromatic N) is 2. The fourth-order valence-electron chi connectivity index (χ4n) is 3.75. The standard InChI is InChI=1S/C21H32N2O5/c1-5-8-9-10-16-11-12-17-18(13-16)21(24)22(20(17)15(4)23(25)26)14-19(27-6-2)28-7-3/h11-13,15,19-20H,5-10,14H2,1-4H3. The van der Waals surface area contributed by atoms with E-state index in [1.54, 1.807) is 11.8 Å². The van der Waals surface area contributed by atoms with Gasteiger partial charge in [-0.2, -0.15) is 0 Å². The molecule has 0 aliphatic carbocycles. The molecule has 7 heteroatoms. The van der Waals surface area contributed by atoms with E-state index < -0.39 is 18.4 Å². The van der Waals surface area contributed by atoms with Gasteiger partial charge in [0.15, 0.2) is 6.29 Å². The number of amides is 1. The van der Waals surface area contributed by atoms with Crippen molar-refractivity contribution in [1.82, 2.24) is 4.90 Å². The lowest BCUT2D eigenvalue weighted by molar-refractivity contribution is -0.526. The van der Waals surface area contributed by atoms with E-state index in [9.17, 15) is 14.9 Å². The van der Waals surface area contributed by atoms with Crippen LogP contribution in [-0.2, 0) is 15.9 Å². The Balaban J connectivity index is 2.32. The molecule has 7 nitrogen and oxygen atoms in total. The SMILES string of the molecule is CCCCCc1ccc2c(c1)C(=O)N(CC(OCC)OCC)C2C(C)[N+](=O)[O-]. The fraction of sp³-hybridized carbons (Fsp3) is 0.667. The summed E-state index contributed by atoms with van der Waals surface area (Å²) in [6, 6.07) is 4.25. The van der Waals surface area contributed by atoms with Gasteiger partial charge in [0.25, 0.3) is 5.91 Å². The van der Waals surface area contributed by atoms with E-state index in [1.807, 2.05) is 32.0 Å². The quantitative estimate of drug-likeness (QED) is 0.233. The van der Waals surface area contributed by atoms with Gasteiger partial charge in [-0.3, -0.25) is 14.9 Å². The average Bonchev–Trinajstić information content (AvgIpc) is 2.93. The number of aryl methyl sites for hydroxylation is 1. The topological polar surface area (TPSA) is 81.9 Å². The summed E-state index contributed by atoms with van der Waals surface area (Å²) in [5, 5.41) is 11.5. The molecule has 0 fully saturated rings. The van der Waals surface area contributed by atoms with Crippen molar-refractivity contribution in [3.05, 3.63) is 45.0 Å². The van der Waals surface area contributed by atoms with Gasteiger partial charge in [-0.05, 0) is 43.9 Å². The molecule has 1 aromatic carbocycles. The van der Waals surface area contributed by atoms with Crippen LogP contribution < -0.4 is 0 Å². The number of nitro groups is 1. The summed E-state index contributed by atoms with van der Waals surface area (Å²) >= 11 is 0. The minimum atomic E-state index is -0.917. The number of ether oxygens (including phenoxy) is 2. The maximum absolute atomic E-state index is 13.2. The van der Waals surface area contributed by atoms with Gasteiger partial charge in [0.2, 0.25) is 6.04 Å². The molecule has 0 bridgehead atoms. The Labute approximate surface area is 167 Å². The Hall–Kier alpha value is -1.99. The van der Waals surface area contributed by atoms with Gasteiger partial charge in [0.1, 0.15) is 6.04 Å². The molecule has 0 aromatic heterocycles. The molecule has 1 aliphatic rings. The molecule has 0 spiro atoms. The highest BCUT2D eigenvalue weighted by atomic mass is 16.7. The van der Waals surface area contributed by atoms with Crippen molar-refractivity contribution in [2.24, 2.45) is 0 Å². The number of hydrogen-bond donors (Lipinski definition) is 0. The highest BCUT2D eigenvalue weighted by Crippen LogP contribution is 2.38. The van der Waals surface area contributed by atoms with Crippen molar-refractivity contribution >= 4 is 5.91 Å². The summed E-state index contributed by atoms with van der Waals surface area (Å²) in [5.41, 5.74) is 2.39. The van der Waals surface area contributed by atoms with E-state index in [1.165, 1.54) is 0 Å². The van der Waals surface area contributed by atoms with E-state index in [-0.39, 0.29) is 17.4 Å². The van der Waals surface area contributed by atoms with E-state index in [4.69, 9.17) is 9.47 Å². The smallest absolute Gasteiger partial charge is 0.255 e. The maximum Gasteiger partial charge on any atom is 0.255 e. The van der Waals surface area contributed by atoms with E-state index >= 15 is 0 Å². The molecule has 1 aromatic rings. The van der Waals surface area contributed by atoms with Crippen molar-refractivity contribution in [3.63, 3.8) is 0 Å². The number of carbonyl (C=O) groups excluding carboxylic acids is 1. The van der Waals surface area contributed by atoms with Gasteiger partial charge in [0, 0.05) is 30.6 Å². The highest BCUT2D eigenvalue weighted by molar-refractivity contribution is 5.99. The minimum Gasteiger partial charge on any atom is -0.351 e. The van der Waals surface area contributed by atoms with E-state index in [0.717, 1.165) is 36.8 Å². The third kappa shape index (κ3) is 5.08. The van der Waals surface area contributed by atoms with Gasteiger partial charge in [-0.15, -0.1) is 0 Å². The van der Waals surface area contributed by atoms with Crippen molar-refractivity contribution in [3.8, 4) is 0 Å². The van der Waals surface area contributed by atoms with Gasteiger partial charge in [-0.1, -0.05) is 31.9 Å². The summed E-state index contributed by atoms with van der Waals surface area (Å²) in [6.07, 6.45) is 3.65. The Morgan fingerprint density at radius 2 is 1.86 bits per heavy atom. The van der Waals surface area contributed by atoms with Crippen LogP contribution in [0.1, 0.15) is 74.5 Å². The first-order valence-corrected chi connectivity index (χ1v) is 10.2. The largest absolute Gasteiger partial charge is 0.351 e. The molecule has 156 valence electrons. The third-order valence-electron chi connectivity index (χ3n) is 5.17. The third-order valence-corrected chi connectivity index (χ3v) is 5.17. The number of benzene rings is 1. The fourth-order valence-corrected chi connectivity index (χ4v) is 3.75. The second-order valence-electron chi connectivity index (χ2n) is 7.15. The highest BCUT2D eigenvalue weighted by Gasteiger charge is 2.45. The zero-order valence-electron chi connectivity index (χ0n) is 17.3. The molecule has 0 N–H and O–H groups in total. The first kappa shape index (κ1) is 22.3. The van der Waals surface area contributed by atoms with Crippen LogP contribution in [0.15, 0.2) is 18.2 Å². The Morgan fingerprint density at radius 1 is 1.18 bits per heavy atom. The molecule has 28 heavy (non-hydrogen) atoms. The van der Waals surface area contributed by atoms with E-state index in [0.29, 0.717) is 18.8 Å². The first-order chi connectivity index (χ1) is 13.4. The molecule has 2 atom stereocenters. The molecule has 1 aliphatic heterocycles. The number of unbranched alkanes of at least 4 members (excludes halogenated alkanes) is 2. The molecule has 0 saturated carbocycles. The summed E-state index contributed by atoms with van der Waals surface area (Å²) < 4.78 is 11.2. The van der Waals surface area contributed by atoms with Gasteiger partial charge in [-0.25, -0.2) is 0 Å². The van der Waals surface area contributed by atoms with Crippen LogP contribution in [0.2, 0.25) is 0 Å². The van der Waals surface area contributed by atoms with Crippen LogP contribution in [0.4, 0.5) is 0 Å². The summed E-state index contributed by atoms with van der Waals surface area (Å²) in [4.78, 5) is 25.9. The van der Waals surface area contributed by atoms with Crippen molar-refractivity contribution in [1.29, 1.82) is 0 Å². The lowest BCUT2D eigenvalue weighted by atomic mass is 9.96. The number of hydrogen-bond acceptors (Lipinski definition) is 5. The maximum atomic E-state index is 13.2. The summed E-state index contributed by atoms with van der Waals surface area (Å²) in [5.74, 6) is -0.185. The molecule has 1 heterocycles. The van der Waals surface area contributed by atoms with Crippen LogP contribution in [0.5, 0.6) is 0 Å². The predicted octanol–water partition coefficient (Wildman–Crippen LogP) is 3.98. The van der Waals surface area contributed by atoms with Crippen LogP contribution in [0.3, 0.4) is 0 Å². The van der Waals surface area contributed by atoms with Crippen molar-refractivity contribution in [2.45, 2.75) is 71.8 Å². The molecule has 0 radical (unpaired) electrons. The molecular formula is C21H32N2O5. The summed E-state index contributed by atoms with van der Waals surface area (Å²) in [6.45, 7) is 8.46. The second-order valence-corrected chi connectivity index (χ2v) is 7.15. The number of carbonyl (C=O) groups is 1. The van der Waals surface area contributed by atoms with Gasteiger partial charge < -0.3 is 14.4 Å². The lowest BCUT2D eigenvalue weighted by Crippen LogP contribution is -2.43. The molecule has 2 rings (SSSR count). The van der Waals surface area contributed by atoms with Gasteiger partial charge >= 0.3 is 0 Å². The zero-order chi connectivity index (χ0) is 20.7. The first-order valence-electron chi connectivity index (χ1n) is 10.2. The van der Waals surface area contributed by atoms with Gasteiger partial charge in [0.05, 0.1) is 6.54 Å².